The number of benzene rings is 1. The largest absolute Gasteiger partial charge is 0.478 e. The number of carboxylic acids is 1. The normalized spacial score (nSPS) is 9.65. The van der Waals surface area contributed by atoms with Gasteiger partial charge >= 0.3 is 18.0 Å². The topological polar surface area (TPSA) is 134 Å². The van der Waals surface area contributed by atoms with Gasteiger partial charge in [0.05, 0.1) is 11.3 Å². The van der Waals surface area contributed by atoms with Gasteiger partial charge < -0.3 is 26.8 Å². The molecule has 0 aliphatic carbocycles. The van der Waals surface area contributed by atoms with E-state index in [4.69, 9.17) is 10.8 Å². The molecular formula is C12H16N4O4. The van der Waals surface area contributed by atoms with E-state index < -0.39 is 18.0 Å². The van der Waals surface area contributed by atoms with Crippen LogP contribution in [0.15, 0.2) is 18.2 Å². The lowest BCUT2D eigenvalue weighted by Gasteiger charge is -2.10. The van der Waals surface area contributed by atoms with Crippen LogP contribution >= 0.6 is 0 Å². The van der Waals surface area contributed by atoms with Crippen molar-refractivity contribution in [3.63, 3.8) is 0 Å². The first-order valence-corrected chi connectivity index (χ1v) is 5.82. The maximum absolute atomic E-state index is 11.6. The summed E-state index contributed by atoms with van der Waals surface area (Å²) in [4.78, 5) is 33.0. The number of carboxylic acid groups (broad SMARTS) is 1. The van der Waals surface area contributed by atoms with Crippen molar-refractivity contribution in [2.45, 2.75) is 6.92 Å². The average Bonchev–Trinajstić information content (AvgIpc) is 2.36. The number of hydrogen-bond donors (Lipinski definition) is 5. The zero-order chi connectivity index (χ0) is 15.1. The number of amides is 4. The van der Waals surface area contributed by atoms with Gasteiger partial charge in [-0.2, -0.15) is 0 Å². The predicted molar refractivity (Wildman–Crippen MR) is 72.7 cm³/mol. The minimum absolute atomic E-state index is 0.00964. The Morgan fingerprint density at radius 2 is 1.85 bits per heavy atom. The highest BCUT2D eigenvalue weighted by molar-refractivity contribution is 6.00. The van der Waals surface area contributed by atoms with Crippen LogP contribution in [-0.2, 0) is 0 Å². The number of anilines is 1. The summed E-state index contributed by atoms with van der Waals surface area (Å²) in [7, 11) is 0. The van der Waals surface area contributed by atoms with Gasteiger partial charge in [-0.05, 0) is 19.1 Å². The number of aromatic carboxylic acids is 1. The van der Waals surface area contributed by atoms with Crippen LogP contribution < -0.4 is 21.7 Å². The monoisotopic (exact) mass is 280 g/mol. The summed E-state index contributed by atoms with van der Waals surface area (Å²) < 4.78 is 0. The molecule has 0 radical (unpaired) electrons. The Morgan fingerprint density at radius 1 is 1.20 bits per heavy atom. The minimum Gasteiger partial charge on any atom is -0.478 e. The molecule has 0 aromatic heterocycles. The quantitative estimate of drug-likeness (QED) is 0.501. The van der Waals surface area contributed by atoms with E-state index in [1.54, 1.807) is 13.0 Å². The molecule has 1 aromatic carbocycles. The molecule has 1 rings (SSSR count). The second-order valence-electron chi connectivity index (χ2n) is 4.03. The molecule has 0 heterocycles. The number of nitrogens with two attached hydrogens (primary N) is 1. The summed E-state index contributed by atoms with van der Waals surface area (Å²) in [5.74, 6) is -1.13. The summed E-state index contributed by atoms with van der Waals surface area (Å²) in [5.41, 5.74) is 5.84. The van der Waals surface area contributed by atoms with Gasteiger partial charge in [0.15, 0.2) is 0 Å². The van der Waals surface area contributed by atoms with Gasteiger partial charge in [0.2, 0.25) is 0 Å². The Kier molecular flexibility index (Phi) is 5.33. The molecule has 0 bridgehead atoms. The highest BCUT2D eigenvalue weighted by Gasteiger charge is 2.12. The highest BCUT2D eigenvalue weighted by Crippen LogP contribution is 2.17. The molecule has 0 unspecified atom stereocenters. The average molecular weight is 280 g/mol. The van der Waals surface area contributed by atoms with Crippen molar-refractivity contribution in [2.24, 2.45) is 5.73 Å². The maximum Gasteiger partial charge on any atom is 0.337 e. The van der Waals surface area contributed by atoms with E-state index in [9.17, 15) is 14.4 Å². The number of rotatable bonds is 5. The fourth-order valence-corrected chi connectivity index (χ4v) is 1.47. The number of aryl methyl sites for hydroxylation is 1. The highest BCUT2D eigenvalue weighted by atomic mass is 16.4. The van der Waals surface area contributed by atoms with Crippen LogP contribution in [0.4, 0.5) is 15.3 Å². The molecule has 0 atom stereocenters. The van der Waals surface area contributed by atoms with E-state index in [-0.39, 0.29) is 24.3 Å². The molecular weight excluding hydrogens is 264 g/mol. The van der Waals surface area contributed by atoms with Crippen molar-refractivity contribution in [1.29, 1.82) is 0 Å². The molecule has 6 N–H and O–H groups in total. The zero-order valence-electron chi connectivity index (χ0n) is 10.9. The Labute approximate surface area is 115 Å². The molecule has 8 nitrogen and oxygen atoms in total. The number of urea groups is 2. The lowest BCUT2D eigenvalue weighted by molar-refractivity contribution is 0.0698. The van der Waals surface area contributed by atoms with Gasteiger partial charge in [-0.1, -0.05) is 11.6 Å². The minimum atomic E-state index is -1.13. The Morgan fingerprint density at radius 3 is 2.45 bits per heavy atom. The third-order valence-electron chi connectivity index (χ3n) is 2.36. The smallest absolute Gasteiger partial charge is 0.337 e. The lowest BCUT2D eigenvalue weighted by Crippen LogP contribution is -2.38. The van der Waals surface area contributed by atoms with Crippen LogP contribution in [0, 0.1) is 6.92 Å². The first-order valence-electron chi connectivity index (χ1n) is 5.82. The lowest BCUT2D eigenvalue weighted by atomic mass is 10.1. The molecule has 4 amide bonds. The van der Waals surface area contributed by atoms with Crippen molar-refractivity contribution in [2.75, 3.05) is 18.4 Å². The van der Waals surface area contributed by atoms with Crippen molar-refractivity contribution in [3.8, 4) is 0 Å². The second kappa shape index (κ2) is 6.98. The molecule has 108 valence electrons. The van der Waals surface area contributed by atoms with Gasteiger partial charge in [-0.25, -0.2) is 14.4 Å². The van der Waals surface area contributed by atoms with Crippen LogP contribution in [0.25, 0.3) is 0 Å². The summed E-state index contributed by atoms with van der Waals surface area (Å²) in [6.07, 6.45) is 0. The molecule has 0 saturated heterocycles. The molecule has 0 aliphatic rings. The summed E-state index contributed by atoms with van der Waals surface area (Å²) in [6.45, 7) is 2.11. The van der Waals surface area contributed by atoms with E-state index in [0.29, 0.717) is 0 Å². The summed E-state index contributed by atoms with van der Waals surface area (Å²) in [6, 6.07) is 3.42. The number of carbonyl (C=O) groups is 3. The number of primary amides is 1. The molecule has 0 spiro atoms. The number of carbonyl (C=O) groups excluding carboxylic acids is 2. The third-order valence-corrected chi connectivity index (χ3v) is 2.36. The molecule has 0 saturated carbocycles. The van der Waals surface area contributed by atoms with Crippen molar-refractivity contribution in [3.05, 3.63) is 29.3 Å². The summed E-state index contributed by atoms with van der Waals surface area (Å²) in [5, 5.41) is 16.2. The van der Waals surface area contributed by atoms with Gasteiger partial charge in [0.1, 0.15) is 0 Å². The van der Waals surface area contributed by atoms with Crippen LogP contribution in [0.3, 0.4) is 0 Å². The first-order chi connectivity index (χ1) is 9.40. The van der Waals surface area contributed by atoms with Crippen molar-refractivity contribution < 1.29 is 19.5 Å². The molecule has 20 heavy (non-hydrogen) atoms. The van der Waals surface area contributed by atoms with Gasteiger partial charge in [-0.3, -0.25) is 0 Å². The van der Waals surface area contributed by atoms with Crippen LogP contribution in [0.1, 0.15) is 15.9 Å². The number of nitrogens with one attached hydrogen (secondary N) is 3. The fraction of sp³-hybridized carbons (Fsp3) is 0.250. The fourth-order valence-electron chi connectivity index (χ4n) is 1.47. The first kappa shape index (κ1) is 15.3. The van der Waals surface area contributed by atoms with Crippen molar-refractivity contribution >= 4 is 23.7 Å². The Hall–Kier alpha value is -2.77. The van der Waals surface area contributed by atoms with E-state index in [0.717, 1.165) is 5.56 Å². The van der Waals surface area contributed by atoms with Gasteiger partial charge in [0.25, 0.3) is 0 Å². The summed E-state index contributed by atoms with van der Waals surface area (Å²) >= 11 is 0. The zero-order valence-corrected chi connectivity index (χ0v) is 10.9. The molecule has 1 aromatic rings. The third kappa shape index (κ3) is 4.84. The van der Waals surface area contributed by atoms with E-state index in [1.165, 1.54) is 12.1 Å². The maximum atomic E-state index is 11.6. The molecule has 0 fully saturated rings. The van der Waals surface area contributed by atoms with Crippen molar-refractivity contribution in [1.82, 2.24) is 10.6 Å². The van der Waals surface area contributed by atoms with Gasteiger partial charge in [0, 0.05) is 13.1 Å². The predicted octanol–water partition coefficient (Wildman–Crippen LogP) is 0.483. The Bertz CT molecular complexity index is 530. The standard InChI is InChI=1S/C12H16N4O4/c1-7-2-3-9(8(6-7)10(17)18)16-12(20)15-5-4-14-11(13)19/h2-3,6H,4-5H2,1H3,(H,17,18)(H3,13,14,19)(H2,15,16,20). The van der Waals surface area contributed by atoms with Crippen LogP contribution in [0.5, 0.6) is 0 Å². The Balaban J connectivity index is 2.57. The van der Waals surface area contributed by atoms with Gasteiger partial charge in [-0.15, -0.1) is 0 Å². The van der Waals surface area contributed by atoms with E-state index in [2.05, 4.69) is 16.0 Å². The van der Waals surface area contributed by atoms with E-state index in [1.807, 2.05) is 0 Å². The molecule has 8 heteroatoms. The SMILES string of the molecule is Cc1ccc(NC(=O)NCCNC(N)=O)c(C(=O)O)c1. The number of hydrogen-bond acceptors (Lipinski definition) is 3. The van der Waals surface area contributed by atoms with Crippen LogP contribution in [-0.4, -0.2) is 36.2 Å². The molecule has 0 aliphatic heterocycles. The van der Waals surface area contributed by atoms with E-state index >= 15 is 0 Å². The second-order valence-corrected chi connectivity index (χ2v) is 4.03. The van der Waals surface area contributed by atoms with Crippen LogP contribution in [0.2, 0.25) is 0 Å².